The normalized spacial score (nSPS) is 21.4. The number of carbonyl (C=O) groups excluding carboxylic acids is 1. The van der Waals surface area contributed by atoms with Gasteiger partial charge >= 0.3 is 0 Å². The molecule has 6 nitrogen and oxygen atoms in total. The Balaban J connectivity index is 1.79. The molecule has 23 heavy (non-hydrogen) atoms. The van der Waals surface area contributed by atoms with Gasteiger partial charge in [-0.2, -0.15) is 0 Å². The fourth-order valence-electron chi connectivity index (χ4n) is 2.98. The second kappa shape index (κ2) is 6.52. The largest absolute Gasteiger partial charge is 0.393 e. The van der Waals surface area contributed by atoms with Crippen LogP contribution in [0.5, 0.6) is 0 Å². The summed E-state index contributed by atoms with van der Waals surface area (Å²) in [6.45, 7) is 3.18. The molecule has 122 valence electrons. The van der Waals surface area contributed by atoms with E-state index in [0.29, 0.717) is 31.8 Å². The second-order valence-electron chi connectivity index (χ2n) is 5.98. The fraction of sp³-hybridized carbons (Fsp3) is 0.412. The molecule has 0 bridgehead atoms. The zero-order valence-electron chi connectivity index (χ0n) is 13.2. The molecule has 1 unspecified atom stereocenters. The summed E-state index contributed by atoms with van der Waals surface area (Å²) in [6, 6.07) is 8.03. The second-order valence-corrected chi connectivity index (χ2v) is 5.98. The molecule has 1 atom stereocenters. The lowest BCUT2D eigenvalue weighted by Crippen LogP contribution is -2.57. The highest BCUT2D eigenvalue weighted by molar-refractivity contribution is 5.92. The van der Waals surface area contributed by atoms with E-state index >= 15 is 0 Å². The summed E-state index contributed by atoms with van der Waals surface area (Å²) in [5.41, 5.74) is 1.97. The molecule has 1 fully saturated rings. The standard InChI is InChI=1S/C17H21N3O3/c1-13-4-2-3-5-14(13)8-17(11-21)10-20(6-7-23-17)16(22)15-9-18-12-19-15/h2-5,9,12,21H,6-8,10-11H2,1H3,(H,18,19). The Hall–Kier alpha value is -2.18. The Bertz CT molecular complexity index is 671. The lowest BCUT2D eigenvalue weighted by molar-refractivity contribution is -0.123. The van der Waals surface area contributed by atoms with Gasteiger partial charge in [0, 0.05) is 13.0 Å². The van der Waals surface area contributed by atoms with Gasteiger partial charge in [-0.1, -0.05) is 24.3 Å². The number of rotatable bonds is 4. The summed E-state index contributed by atoms with van der Waals surface area (Å²) < 4.78 is 5.90. The van der Waals surface area contributed by atoms with Gasteiger partial charge < -0.3 is 19.7 Å². The molecule has 1 aliphatic heterocycles. The number of imidazole rings is 1. The minimum absolute atomic E-state index is 0.117. The molecular formula is C17H21N3O3. The van der Waals surface area contributed by atoms with E-state index in [1.54, 1.807) is 4.90 Å². The number of benzene rings is 1. The molecule has 1 amide bonds. The van der Waals surface area contributed by atoms with Crippen LogP contribution < -0.4 is 0 Å². The molecule has 0 radical (unpaired) electrons. The van der Waals surface area contributed by atoms with Crippen molar-refractivity contribution in [3.8, 4) is 0 Å². The van der Waals surface area contributed by atoms with Gasteiger partial charge in [-0.05, 0) is 18.1 Å². The molecule has 6 heteroatoms. The minimum atomic E-state index is -0.764. The van der Waals surface area contributed by atoms with Gasteiger partial charge in [0.1, 0.15) is 11.3 Å². The van der Waals surface area contributed by atoms with Crippen LogP contribution in [0.1, 0.15) is 21.6 Å². The van der Waals surface area contributed by atoms with Gasteiger partial charge in [0.25, 0.3) is 5.91 Å². The molecule has 1 aromatic carbocycles. The molecule has 1 aliphatic rings. The molecule has 2 N–H and O–H groups in total. The van der Waals surface area contributed by atoms with Gasteiger partial charge in [-0.3, -0.25) is 4.79 Å². The average Bonchev–Trinajstić information content (AvgIpc) is 3.11. The first kappa shape index (κ1) is 15.7. The van der Waals surface area contributed by atoms with Crippen molar-refractivity contribution in [1.82, 2.24) is 14.9 Å². The Kier molecular flexibility index (Phi) is 4.45. The summed E-state index contributed by atoms with van der Waals surface area (Å²) in [5, 5.41) is 9.94. The van der Waals surface area contributed by atoms with Gasteiger partial charge in [-0.25, -0.2) is 4.98 Å². The molecule has 1 aromatic heterocycles. The smallest absolute Gasteiger partial charge is 0.272 e. The number of nitrogens with zero attached hydrogens (tertiary/aromatic N) is 2. The average molecular weight is 315 g/mol. The first-order chi connectivity index (χ1) is 11.1. The Morgan fingerprint density at radius 2 is 2.30 bits per heavy atom. The van der Waals surface area contributed by atoms with Crippen molar-refractivity contribution in [2.75, 3.05) is 26.3 Å². The van der Waals surface area contributed by atoms with Crippen LogP contribution >= 0.6 is 0 Å². The zero-order chi connectivity index (χ0) is 16.3. The number of amides is 1. The van der Waals surface area contributed by atoms with E-state index in [9.17, 15) is 9.90 Å². The highest BCUT2D eigenvalue weighted by Crippen LogP contribution is 2.25. The lowest BCUT2D eigenvalue weighted by atomic mass is 9.91. The number of hydrogen-bond acceptors (Lipinski definition) is 4. The highest BCUT2D eigenvalue weighted by Gasteiger charge is 2.38. The Morgan fingerprint density at radius 1 is 1.48 bits per heavy atom. The molecule has 3 rings (SSSR count). The minimum Gasteiger partial charge on any atom is -0.393 e. The van der Waals surface area contributed by atoms with Crippen molar-refractivity contribution in [3.63, 3.8) is 0 Å². The summed E-state index contributed by atoms with van der Waals surface area (Å²) in [4.78, 5) is 20.9. The summed E-state index contributed by atoms with van der Waals surface area (Å²) >= 11 is 0. The van der Waals surface area contributed by atoms with E-state index in [1.807, 2.05) is 31.2 Å². The van der Waals surface area contributed by atoms with E-state index in [4.69, 9.17) is 4.74 Å². The van der Waals surface area contributed by atoms with Gasteiger partial charge in [-0.15, -0.1) is 0 Å². The van der Waals surface area contributed by atoms with Crippen molar-refractivity contribution in [2.24, 2.45) is 0 Å². The maximum atomic E-state index is 12.5. The molecule has 0 aliphatic carbocycles. The maximum absolute atomic E-state index is 12.5. The van der Waals surface area contributed by atoms with Crippen molar-refractivity contribution in [1.29, 1.82) is 0 Å². The van der Waals surface area contributed by atoms with Crippen molar-refractivity contribution in [3.05, 3.63) is 53.6 Å². The van der Waals surface area contributed by atoms with E-state index < -0.39 is 5.60 Å². The maximum Gasteiger partial charge on any atom is 0.272 e. The highest BCUT2D eigenvalue weighted by atomic mass is 16.5. The number of carbonyl (C=O) groups is 1. The van der Waals surface area contributed by atoms with Crippen molar-refractivity contribution >= 4 is 5.91 Å². The van der Waals surface area contributed by atoms with Crippen LogP contribution in [-0.2, 0) is 11.2 Å². The van der Waals surface area contributed by atoms with Crippen LogP contribution in [0.2, 0.25) is 0 Å². The van der Waals surface area contributed by atoms with E-state index in [0.717, 1.165) is 11.1 Å². The number of morpholine rings is 1. The third-order valence-electron chi connectivity index (χ3n) is 4.33. The number of aliphatic hydroxyl groups excluding tert-OH is 1. The summed E-state index contributed by atoms with van der Waals surface area (Å²) in [5.74, 6) is -0.117. The van der Waals surface area contributed by atoms with Crippen LogP contribution in [0.3, 0.4) is 0 Å². The number of hydrogen-bond donors (Lipinski definition) is 2. The molecule has 2 heterocycles. The Morgan fingerprint density at radius 3 is 3.00 bits per heavy atom. The Labute approximate surface area is 135 Å². The van der Waals surface area contributed by atoms with E-state index in [1.165, 1.54) is 12.5 Å². The summed E-state index contributed by atoms with van der Waals surface area (Å²) in [7, 11) is 0. The van der Waals surface area contributed by atoms with Crippen LogP contribution in [0.25, 0.3) is 0 Å². The summed E-state index contributed by atoms with van der Waals surface area (Å²) in [6.07, 6.45) is 3.57. The number of aryl methyl sites for hydroxylation is 1. The van der Waals surface area contributed by atoms with Gasteiger partial charge in [0.05, 0.1) is 32.3 Å². The number of aromatic amines is 1. The first-order valence-electron chi connectivity index (χ1n) is 7.70. The van der Waals surface area contributed by atoms with E-state index in [2.05, 4.69) is 9.97 Å². The van der Waals surface area contributed by atoms with Crippen LogP contribution in [0, 0.1) is 6.92 Å². The van der Waals surface area contributed by atoms with Gasteiger partial charge in [0.15, 0.2) is 0 Å². The van der Waals surface area contributed by atoms with Crippen molar-refractivity contribution in [2.45, 2.75) is 18.9 Å². The lowest BCUT2D eigenvalue weighted by Gasteiger charge is -2.42. The monoisotopic (exact) mass is 315 g/mol. The third-order valence-corrected chi connectivity index (χ3v) is 4.33. The predicted molar refractivity (Wildman–Crippen MR) is 85.1 cm³/mol. The number of nitrogens with one attached hydrogen (secondary N) is 1. The van der Waals surface area contributed by atoms with Crippen molar-refractivity contribution < 1.29 is 14.6 Å². The number of ether oxygens (including phenoxy) is 1. The third kappa shape index (κ3) is 3.28. The number of aliphatic hydroxyl groups is 1. The number of H-pyrrole nitrogens is 1. The SMILES string of the molecule is Cc1ccccc1CC1(CO)CN(C(=O)c2cnc[nH]2)CCO1. The number of aromatic nitrogens is 2. The molecule has 0 spiro atoms. The topological polar surface area (TPSA) is 78.5 Å². The van der Waals surface area contributed by atoms with Crippen LogP contribution in [0.4, 0.5) is 0 Å². The molecule has 2 aromatic rings. The molecular weight excluding hydrogens is 294 g/mol. The quantitative estimate of drug-likeness (QED) is 0.887. The van der Waals surface area contributed by atoms with Gasteiger partial charge in [0.2, 0.25) is 0 Å². The van der Waals surface area contributed by atoms with E-state index in [-0.39, 0.29) is 12.5 Å². The fourth-order valence-corrected chi connectivity index (χ4v) is 2.98. The van der Waals surface area contributed by atoms with Crippen LogP contribution in [0.15, 0.2) is 36.8 Å². The van der Waals surface area contributed by atoms with Crippen LogP contribution in [-0.4, -0.2) is 57.8 Å². The molecule has 1 saturated heterocycles. The molecule has 0 saturated carbocycles. The predicted octanol–water partition coefficient (Wildman–Crippen LogP) is 1.16. The zero-order valence-corrected chi connectivity index (χ0v) is 13.2. The first-order valence-corrected chi connectivity index (χ1v) is 7.70.